The molecule has 0 radical (unpaired) electrons. The molecule has 0 unspecified atom stereocenters. The van der Waals surface area contributed by atoms with Crippen molar-refractivity contribution in [3.05, 3.63) is 53.9 Å². The monoisotopic (exact) mass is 623 g/mol. The Kier molecular flexibility index (Phi) is 7.88. The van der Waals surface area contributed by atoms with Crippen LogP contribution in [0.25, 0.3) is 6.08 Å². The molecule has 2 aromatic rings. The maximum atomic E-state index is 13.0. The number of thioether (sulfide) groups is 1. The highest BCUT2D eigenvalue weighted by molar-refractivity contribution is 14.1. The maximum Gasteiger partial charge on any atom is 0.270 e. The van der Waals surface area contributed by atoms with Crippen LogP contribution in [0.3, 0.4) is 0 Å². The van der Waals surface area contributed by atoms with Crippen molar-refractivity contribution in [2.24, 2.45) is 0 Å². The summed E-state index contributed by atoms with van der Waals surface area (Å²) in [5.41, 5.74) is 1.48. The molecule has 0 aromatic heterocycles. The molecular weight excluding hydrogens is 609 g/mol. The predicted octanol–water partition coefficient (Wildman–Crippen LogP) is 6.91. The molecule has 1 fully saturated rings. The first kappa shape index (κ1) is 22.9. The molecule has 2 aromatic carbocycles. The fourth-order valence-electron chi connectivity index (χ4n) is 2.63. The molecule has 4 nitrogen and oxygen atoms in total. The highest BCUT2D eigenvalue weighted by Gasteiger charge is 2.33. The summed E-state index contributed by atoms with van der Waals surface area (Å²) < 4.78 is 13.4. The number of ether oxygens (including phenoxy) is 2. The summed E-state index contributed by atoms with van der Waals surface area (Å²) in [6.45, 7) is 2.66. The van der Waals surface area contributed by atoms with Crippen LogP contribution < -0.4 is 14.4 Å². The van der Waals surface area contributed by atoms with E-state index in [0.717, 1.165) is 20.0 Å². The lowest BCUT2D eigenvalue weighted by Crippen LogP contribution is -2.27. The van der Waals surface area contributed by atoms with Crippen LogP contribution in [0.4, 0.5) is 5.69 Å². The lowest BCUT2D eigenvalue weighted by atomic mass is 10.1. The van der Waals surface area contributed by atoms with Gasteiger partial charge in [0.2, 0.25) is 0 Å². The van der Waals surface area contributed by atoms with Crippen LogP contribution in [-0.2, 0) is 4.79 Å². The third kappa shape index (κ3) is 5.10. The van der Waals surface area contributed by atoms with Crippen molar-refractivity contribution in [2.75, 3.05) is 18.6 Å². The van der Waals surface area contributed by atoms with Crippen molar-refractivity contribution >= 4 is 96.1 Å². The number of benzene rings is 2. The Hall–Kier alpha value is -0.810. The van der Waals surface area contributed by atoms with Crippen molar-refractivity contribution in [1.82, 2.24) is 0 Å². The summed E-state index contributed by atoms with van der Waals surface area (Å²) in [7, 11) is 1.60. The van der Waals surface area contributed by atoms with E-state index in [2.05, 4.69) is 38.5 Å². The maximum absolute atomic E-state index is 13.0. The van der Waals surface area contributed by atoms with E-state index in [1.165, 1.54) is 16.7 Å². The molecule has 1 aliphatic heterocycles. The highest BCUT2D eigenvalue weighted by atomic mass is 127. The standard InChI is InChI=1S/C20H16BrClINO3S2/c1-3-6-27-18-15(23)7-11(8-16(18)26-2)9-17-19(25)24(20(28)29-17)12-4-5-13(21)14(22)10-12/h4-5,7-10H,3,6H2,1-2H3/b17-9-. The first-order chi connectivity index (χ1) is 13.8. The average Bonchev–Trinajstić information content (AvgIpc) is 2.96. The Balaban J connectivity index is 1.93. The van der Waals surface area contributed by atoms with E-state index in [-0.39, 0.29) is 5.91 Å². The summed E-state index contributed by atoms with van der Waals surface area (Å²) in [6, 6.07) is 9.12. The zero-order chi connectivity index (χ0) is 21.1. The second kappa shape index (κ2) is 10.00. The van der Waals surface area contributed by atoms with E-state index in [1.54, 1.807) is 25.3 Å². The molecule has 0 atom stereocenters. The normalized spacial score (nSPS) is 15.3. The van der Waals surface area contributed by atoms with Gasteiger partial charge in [0.25, 0.3) is 5.91 Å². The Labute approximate surface area is 206 Å². The Morgan fingerprint density at radius 2 is 2.10 bits per heavy atom. The molecule has 3 rings (SSSR count). The van der Waals surface area contributed by atoms with Gasteiger partial charge < -0.3 is 9.47 Å². The van der Waals surface area contributed by atoms with Gasteiger partial charge in [-0.15, -0.1) is 0 Å². The van der Waals surface area contributed by atoms with Gasteiger partial charge in [0.15, 0.2) is 15.8 Å². The number of halogens is 3. The number of carbonyl (C=O) groups excluding carboxylic acids is 1. The first-order valence-electron chi connectivity index (χ1n) is 8.59. The second-order valence-electron chi connectivity index (χ2n) is 6.00. The molecular formula is C20H16BrClINO3S2. The minimum absolute atomic E-state index is 0.182. The van der Waals surface area contributed by atoms with Crippen molar-refractivity contribution in [3.63, 3.8) is 0 Å². The van der Waals surface area contributed by atoms with Gasteiger partial charge >= 0.3 is 0 Å². The number of anilines is 1. The second-order valence-corrected chi connectivity index (χ2v) is 10.1. The van der Waals surface area contributed by atoms with Crippen LogP contribution in [0.2, 0.25) is 5.02 Å². The smallest absolute Gasteiger partial charge is 0.270 e. The fraction of sp³-hybridized carbons (Fsp3) is 0.200. The zero-order valence-electron chi connectivity index (χ0n) is 15.5. The third-order valence-corrected chi connectivity index (χ3v) is 7.29. The van der Waals surface area contributed by atoms with Gasteiger partial charge in [-0.25, -0.2) is 0 Å². The molecule has 0 bridgehead atoms. The molecule has 1 aliphatic rings. The van der Waals surface area contributed by atoms with E-state index >= 15 is 0 Å². The molecule has 1 amide bonds. The van der Waals surface area contributed by atoms with Gasteiger partial charge in [0.1, 0.15) is 0 Å². The number of methoxy groups -OCH3 is 1. The van der Waals surface area contributed by atoms with E-state index < -0.39 is 0 Å². The molecule has 0 spiro atoms. The summed E-state index contributed by atoms with van der Waals surface area (Å²) in [5, 5.41) is 0.516. The topological polar surface area (TPSA) is 38.8 Å². The molecule has 1 heterocycles. The molecule has 9 heteroatoms. The first-order valence-corrected chi connectivity index (χ1v) is 12.1. The summed E-state index contributed by atoms with van der Waals surface area (Å²) in [4.78, 5) is 15.0. The Bertz CT molecular complexity index is 1020. The third-order valence-electron chi connectivity index (χ3n) is 3.96. The average molecular weight is 625 g/mol. The summed E-state index contributed by atoms with van der Waals surface area (Å²) in [5.74, 6) is 1.16. The minimum atomic E-state index is -0.182. The quantitative estimate of drug-likeness (QED) is 0.199. The lowest BCUT2D eigenvalue weighted by molar-refractivity contribution is -0.113. The molecule has 29 heavy (non-hydrogen) atoms. The molecule has 152 valence electrons. The van der Waals surface area contributed by atoms with Gasteiger partial charge in [0, 0.05) is 4.47 Å². The largest absolute Gasteiger partial charge is 0.493 e. The molecule has 0 N–H and O–H groups in total. The number of thiocarbonyl (C=S) groups is 1. The van der Waals surface area contributed by atoms with Crippen LogP contribution in [0, 0.1) is 3.57 Å². The molecule has 1 saturated heterocycles. The van der Waals surface area contributed by atoms with Gasteiger partial charge in [-0.3, -0.25) is 9.69 Å². The SMILES string of the molecule is CCCOc1c(I)cc(/C=C2\SC(=S)N(c3ccc(Br)c(Cl)c3)C2=O)cc1OC. The summed E-state index contributed by atoms with van der Waals surface area (Å²) >= 11 is 18.4. The number of rotatable bonds is 6. The van der Waals surface area contributed by atoms with Crippen LogP contribution in [0.1, 0.15) is 18.9 Å². The minimum Gasteiger partial charge on any atom is -0.493 e. The van der Waals surface area contributed by atoms with Crippen LogP contribution in [0.5, 0.6) is 11.5 Å². The number of carbonyl (C=O) groups is 1. The number of hydrogen-bond acceptors (Lipinski definition) is 5. The number of hydrogen-bond donors (Lipinski definition) is 0. The van der Waals surface area contributed by atoms with Crippen LogP contribution >= 0.6 is 74.1 Å². The van der Waals surface area contributed by atoms with Gasteiger partial charge in [0.05, 0.1) is 32.9 Å². The van der Waals surface area contributed by atoms with Crippen LogP contribution in [-0.4, -0.2) is 23.9 Å². The Morgan fingerprint density at radius 1 is 1.34 bits per heavy atom. The fourth-order valence-corrected chi connectivity index (χ4v) is 5.13. The Morgan fingerprint density at radius 3 is 2.76 bits per heavy atom. The highest BCUT2D eigenvalue weighted by Crippen LogP contribution is 2.40. The molecule has 0 saturated carbocycles. The predicted molar refractivity (Wildman–Crippen MR) is 136 cm³/mol. The van der Waals surface area contributed by atoms with Crippen molar-refractivity contribution in [1.29, 1.82) is 0 Å². The van der Waals surface area contributed by atoms with Gasteiger partial charge in [-0.05, 0) is 86.9 Å². The van der Waals surface area contributed by atoms with E-state index in [4.69, 9.17) is 33.3 Å². The van der Waals surface area contributed by atoms with E-state index in [9.17, 15) is 4.79 Å². The van der Waals surface area contributed by atoms with Gasteiger partial charge in [-0.1, -0.05) is 42.5 Å². The van der Waals surface area contributed by atoms with Crippen LogP contribution in [0.15, 0.2) is 39.7 Å². The van der Waals surface area contributed by atoms with Crippen molar-refractivity contribution < 1.29 is 14.3 Å². The van der Waals surface area contributed by atoms with E-state index in [1.807, 2.05) is 25.1 Å². The summed E-state index contributed by atoms with van der Waals surface area (Å²) in [6.07, 6.45) is 2.72. The lowest BCUT2D eigenvalue weighted by Gasteiger charge is -2.15. The van der Waals surface area contributed by atoms with Crippen molar-refractivity contribution in [2.45, 2.75) is 13.3 Å². The van der Waals surface area contributed by atoms with Gasteiger partial charge in [-0.2, -0.15) is 0 Å². The molecule has 0 aliphatic carbocycles. The zero-order valence-corrected chi connectivity index (χ0v) is 21.6. The van der Waals surface area contributed by atoms with E-state index in [0.29, 0.717) is 38.0 Å². The number of nitrogens with zero attached hydrogens (tertiary/aromatic N) is 1. The number of amides is 1. The van der Waals surface area contributed by atoms with Crippen molar-refractivity contribution in [3.8, 4) is 11.5 Å².